The quantitative estimate of drug-likeness (QED) is 0.717. The van der Waals surface area contributed by atoms with Gasteiger partial charge in [0.15, 0.2) is 0 Å². The first-order valence-electron chi connectivity index (χ1n) is 5.00. The maximum Gasteiger partial charge on any atom is 0.221 e. The van der Waals surface area contributed by atoms with Crippen molar-refractivity contribution in [1.29, 1.82) is 0 Å². The largest absolute Gasteiger partial charge is 0.381 e. The number of hydrogen-bond donors (Lipinski definition) is 1. The summed E-state index contributed by atoms with van der Waals surface area (Å²) in [4.78, 5) is 11.2. The highest BCUT2D eigenvalue weighted by Gasteiger charge is 2.30. The van der Waals surface area contributed by atoms with Gasteiger partial charge in [0.05, 0.1) is 0 Å². The molecule has 0 aromatic rings. The number of carbonyl (C=O) groups excluding carboxylic acids is 1. The Morgan fingerprint density at radius 2 is 1.92 bits per heavy atom. The van der Waals surface area contributed by atoms with Gasteiger partial charge in [0.1, 0.15) is 0 Å². The van der Waals surface area contributed by atoms with Crippen LogP contribution in [0.2, 0.25) is 0 Å². The van der Waals surface area contributed by atoms with E-state index in [0.29, 0.717) is 11.8 Å². The number of nitrogens with two attached hydrogens (primary N) is 1. The fraction of sp³-hybridized carbons (Fsp3) is 0.900. The molecule has 1 heterocycles. The first-order valence-corrected chi connectivity index (χ1v) is 5.00. The molecule has 0 unspecified atom stereocenters. The van der Waals surface area contributed by atoms with Gasteiger partial charge in [-0.3, -0.25) is 4.79 Å². The fourth-order valence-electron chi connectivity index (χ4n) is 2.18. The van der Waals surface area contributed by atoms with Crippen molar-refractivity contribution in [3.63, 3.8) is 0 Å². The molecule has 1 rings (SSSR count). The molecule has 3 nitrogen and oxygen atoms in total. The van der Waals surface area contributed by atoms with Crippen LogP contribution in [0.4, 0.5) is 0 Å². The minimum atomic E-state index is -0.151. The minimum absolute atomic E-state index is 0.0314. The van der Waals surface area contributed by atoms with Crippen molar-refractivity contribution in [3.05, 3.63) is 0 Å². The predicted octanol–water partition coefficient (Wildman–Crippen LogP) is 1.17. The molecule has 0 aliphatic carbocycles. The molecule has 1 aliphatic rings. The Hall–Kier alpha value is -0.570. The Morgan fingerprint density at radius 3 is 2.31 bits per heavy atom. The van der Waals surface area contributed by atoms with Gasteiger partial charge in [0.2, 0.25) is 5.91 Å². The van der Waals surface area contributed by atoms with E-state index in [4.69, 9.17) is 10.5 Å². The highest BCUT2D eigenvalue weighted by Crippen LogP contribution is 2.28. The molecule has 0 saturated carbocycles. The Bertz CT molecular complexity index is 174. The molecule has 1 fully saturated rings. The molecule has 0 aromatic heterocycles. The van der Waals surface area contributed by atoms with Crippen LogP contribution in [-0.4, -0.2) is 19.1 Å². The average molecular weight is 185 g/mol. The first-order chi connectivity index (χ1) is 6.13. The van der Waals surface area contributed by atoms with E-state index in [1.807, 2.05) is 0 Å². The van der Waals surface area contributed by atoms with Crippen LogP contribution in [0.3, 0.4) is 0 Å². The number of primary amides is 1. The van der Waals surface area contributed by atoms with E-state index in [9.17, 15) is 4.79 Å². The minimum Gasteiger partial charge on any atom is -0.381 e. The SMILES string of the molecule is CC(C)[C@@H](C(N)=O)C1CCOCC1. The lowest BCUT2D eigenvalue weighted by Gasteiger charge is -2.30. The van der Waals surface area contributed by atoms with E-state index in [-0.39, 0.29) is 11.8 Å². The third-order valence-corrected chi connectivity index (χ3v) is 2.82. The molecule has 13 heavy (non-hydrogen) atoms. The number of ether oxygens (including phenoxy) is 1. The summed E-state index contributed by atoms with van der Waals surface area (Å²) in [7, 11) is 0. The van der Waals surface area contributed by atoms with Crippen LogP contribution in [-0.2, 0) is 9.53 Å². The molecule has 3 heteroatoms. The molecule has 0 bridgehead atoms. The summed E-state index contributed by atoms with van der Waals surface area (Å²) in [6, 6.07) is 0. The van der Waals surface area contributed by atoms with E-state index < -0.39 is 0 Å². The van der Waals surface area contributed by atoms with Crippen molar-refractivity contribution in [2.24, 2.45) is 23.5 Å². The van der Waals surface area contributed by atoms with Crippen LogP contribution in [0, 0.1) is 17.8 Å². The van der Waals surface area contributed by atoms with Crippen LogP contribution >= 0.6 is 0 Å². The summed E-state index contributed by atoms with van der Waals surface area (Å²) in [5.74, 6) is 0.664. The highest BCUT2D eigenvalue weighted by molar-refractivity contribution is 5.77. The smallest absolute Gasteiger partial charge is 0.221 e. The van der Waals surface area contributed by atoms with Gasteiger partial charge >= 0.3 is 0 Å². The summed E-state index contributed by atoms with van der Waals surface area (Å²) in [5, 5.41) is 0. The number of amides is 1. The monoisotopic (exact) mass is 185 g/mol. The lowest BCUT2D eigenvalue weighted by atomic mass is 9.79. The van der Waals surface area contributed by atoms with Crippen molar-refractivity contribution in [3.8, 4) is 0 Å². The summed E-state index contributed by atoms with van der Waals surface area (Å²) in [5.41, 5.74) is 5.39. The van der Waals surface area contributed by atoms with E-state index >= 15 is 0 Å². The third kappa shape index (κ3) is 2.69. The van der Waals surface area contributed by atoms with Gasteiger partial charge in [-0.05, 0) is 24.7 Å². The van der Waals surface area contributed by atoms with Crippen molar-refractivity contribution < 1.29 is 9.53 Å². The third-order valence-electron chi connectivity index (χ3n) is 2.82. The predicted molar refractivity (Wildman–Crippen MR) is 51.1 cm³/mol. The van der Waals surface area contributed by atoms with Crippen LogP contribution in [0.1, 0.15) is 26.7 Å². The van der Waals surface area contributed by atoms with Gasteiger partial charge < -0.3 is 10.5 Å². The molecule has 1 aliphatic heterocycles. The van der Waals surface area contributed by atoms with E-state index in [1.54, 1.807) is 0 Å². The van der Waals surface area contributed by atoms with Gasteiger partial charge in [-0.15, -0.1) is 0 Å². The molecular formula is C10H19NO2. The number of hydrogen-bond acceptors (Lipinski definition) is 2. The second kappa shape index (κ2) is 4.61. The standard InChI is InChI=1S/C10H19NO2/c1-7(2)9(10(11)12)8-3-5-13-6-4-8/h7-9H,3-6H2,1-2H3,(H2,11,12)/t9-/m1/s1. The molecule has 2 N–H and O–H groups in total. The molecule has 1 atom stereocenters. The maximum absolute atomic E-state index is 11.2. The summed E-state index contributed by atoms with van der Waals surface area (Å²) in [6.45, 7) is 5.68. The Kier molecular flexibility index (Phi) is 3.72. The molecule has 0 radical (unpaired) electrons. The zero-order valence-corrected chi connectivity index (χ0v) is 8.45. The molecule has 0 aromatic carbocycles. The van der Waals surface area contributed by atoms with E-state index in [0.717, 1.165) is 26.1 Å². The van der Waals surface area contributed by atoms with Gasteiger partial charge in [0.25, 0.3) is 0 Å². The molecule has 1 saturated heterocycles. The van der Waals surface area contributed by atoms with Crippen molar-refractivity contribution in [1.82, 2.24) is 0 Å². The second-order valence-corrected chi connectivity index (χ2v) is 4.12. The normalized spacial score (nSPS) is 21.8. The van der Waals surface area contributed by atoms with Crippen molar-refractivity contribution in [2.75, 3.05) is 13.2 Å². The lowest BCUT2D eigenvalue weighted by Crippen LogP contribution is -2.36. The molecule has 1 amide bonds. The zero-order chi connectivity index (χ0) is 9.84. The van der Waals surface area contributed by atoms with Gasteiger partial charge in [-0.1, -0.05) is 13.8 Å². The van der Waals surface area contributed by atoms with Crippen molar-refractivity contribution >= 4 is 5.91 Å². The zero-order valence-electron chi connectivity index (χ0n) is 8.45. The topological polar surface area (TPSA) is 52.3 Å². The van der Waals surface area contributed by atoms with Gasteiger partial charge in [-0.25, -0.2) is 0 Å². The molecule has 76 valence electrons. The van der Waals surface area contributed by atoms with Crippen LogP contribution in [0.15, 0.2) is 0 Å². The lowest BCUT2D eigenvalue weighted by molar-refractivity contribution is -0.126. The maximum atomic E-state index is 11.2. The Labute approximate surface area is 79.6 Å². The first kappa shape index (κ1) is 10.5. The summed E-state index contributed by atoms with van der Waals surface area (Å²) in [6.07, 6.45) is 1.96. The number of rotatable bonds is 3. The van der Waals surface area contributed by atoms with Gasteiger partial charge in [-0.2, -0.15) is 0 Å². The van der Waals surface area contributed by atoms with E-state index in [1.165, 1.54) is 0 Å². The number of carbonyl (C=O) groups is 1. The second-order valence-electron chi connectivity index (χ2n) is 4.12. The Morgan fingerprint density at radius 1 is 1.38 bits per heavy atom. The van der Waals surface area contributed by atoms with Crippen LogP contribution in [0.25, 0.3) is 0 Å². The molecular weight excluding hydrogens is 166 g/mol. The Balaban J connectivity index is 2.57. The van der Waals surface area contributed by atoms with Crippen LogP contribution in [0.5, 0.6) is 0 Å². The summed E-state index contributed by atoms with van der Waals surface area (Å²) < 4.78 is 5.26. The highest BCUT2D eigenvalue weighted by atomic mass is 16.5. The van der Waals surface area contributed by atoms with Gasteiger partial charge in [0, 0.05) is 19.1 Å². The van der Waals surface area contributed by atoms with Crippen molar-refractivity contribution in [2.45, 2.75) is 26.7 Å². The average Bonchev–Trinajstić information content (AvgIpc) is 2.04. The van der Waals surface area contributed by atoms with Crippen LogP contribution < -0.4 is 5.73 Å². The fourth-order valence-corrected chi connectivity index (χ4v) is 2.18. The van der Waals surface area contributed by atoms with E-state index in [2.05, 4.69) is 13.8 Å². The summed E-state index contributed by atoms with van der Waals surface area (Å²) >= 11 is 0. The molecule has 0 spiro atoms.